The Balaban J connectivity index is 1.41. The molecule has 1 aromatic heterocycles. The van der Waals surface area contributed by atoms with E-state index in [2.05, 4.69) is 35.5 Å². The number of carbonyl (C=O) groups excluding carboxylic acids is 1. The highest BCUT2D eigenvalue weighted by atomic mass is 16.2. The van der Waals surface area contributed by atoms with E-state index in [-0.39, 0.29) is 5.91 Å². The average molecular weight is 352 g/mol. The van der Waals surface area contributed by atoms with Crippen molar-refractivity contribution in [1.29, 1.82) is 0 Å². The van der Waals surface area contributed by atoms with Crippen LogP contribution in [0.5, 0.6) is 0 Å². The maximum Gasteiger partial charge on any atom is 0.253 e. The van der Waals surface area contributed by atoms with E-state index in [1.54, 1.807) is 0 Å². The largest absolute Gasteiger partial charge is 0.339 e. The summed E-state index contributed by atoms with van der Waals surface area (Å²) >= 11 is 0. The minimum absolute atomic E-state index is 0.176. The van der Waals surface area contributed by atoms with Gasteiger partial charge in [0.05, 0.1) is 12.2 Å². The lowest BCUT2D eigenvalue weighted by Gasteiger charge is -2.21. The SMILES string of the molecule is Cc1cc(C)n(Cc2ccc(C(=O)N3CC[C@@H]4CNC[C@@H]4CC3)cc2)n1. The van der Waals surface area contributed by atoms with Crippen molar-refractivity contribution in [1.82, 2.24) is 20.0 Å². The zero-order valence-corrected chi connectivity index (χ0v) is 15.7. The Bertz CT molecular complexity index is 766. The summed E-state index contributed by atoms with van der Waals surface area (Å²) in [5.41, 5.74) is 4.17. The molecule has 2 atom stereocenters. The third-order valence-electron chi connectivity index (χ3n) is 5.94. The molecule has 1 amide bonds. The van der Waals surface area contributed by atoms with E-state index in [0.29, 0.717) is 0 Å². The van der Waals surface area contributed by atoms with Crippen molar-refractivity contribution < 1.29 is 4.79 Å². The first kappa shape index (κ1) is 17.3. The molecule has 0 bridgehead atoms. The van der Waals surface area contributed by atoms with Crippen molar-refractivity contribution >= 4 is 5.91 Å². The lowest BCUT2D eigenvalue weighted by atomic mass is 9.92. The Morgan fingerprint density at radius 3 is 2.35 bits per heavy atom. The molecule has 0 saturated carbocycles. The Kier molecular flexibility index (Phi) is 4.81. The predicted molar refractivity (Wildman–Crippen MR) is 102 cm³/mol. The zero-order chi connectivity index (χ0) is 18.1. The third-order valence-corrected chi connectivity index (χ3v) is 5.94. The molecule has 1 aromatic carbocycles. The number of amides is 1. The van der Waals surface area contributed by atoms with Crippen molar-refractivity contribution in [3.05, 3.63) is 52.8 Å². The standard InChI is InChI=1S/C21H28N4O/c1-15-11-16(2)25(23-15)14-17-3-5-18(6-4-17)21(26)24-9-7-19-12-22-13-20(19)8-10-24/h3-6,11,19-20,22H,7-10,12-14H2,1-2H3/t19-,20+. The first-order valence-corrected chi connectivity index (χ1v) is 9.70. The summed E-state index contributed by atoms with van der Waals surface area (Å²) in [5.74, 6) is 1.67. The van der Waals surface area contributed by atoms with Crippen molar-refractivity contribution in [2.45, 2.75) is 33.2 Å². The lowest BCUT2D eigenvalue weighted by Crippen LogP contribution is -2.32. The maximum absolute atomic E-state index is 12.9. The minimum atomic E-state index is 0.176. The van der Waals surface area contributed by atoms with Gasteiger partial charge in [0.1, 0.15) is 0 Å². The van der Waals surface area contributed by atoms with Gasteiger partial charge in [0.25, 0.3) is 5.91 Å². The molecule has 2 aliphatic heterocycles. The second-order valence-corrected chi connectivity index (χ2v) is 7.83. The van der Waals surface area contributed by atoms with Crippen LogP contribution in [0.4, 0.5) is 0 Å². The van der Waals surface area contributed by atoms with Gasteiger partial charge in [-0.25, -0.2) is 0 Å². The van der Waals surface area contributed by atoms with Gasteiger partial charge in [-0.3, -0.25) is 9.48 Å². The monoisotopic (exact) mass is 352 g/mol. The molecule has 2 fully saturated rings. The summed E-state index contributed by atoms with van der Waals surface area (Å²) in [4.78, 5) is 14.9. The molecular weight excluding hydrogens is 324 g/mol. The van der Waals surface area contributed by atoms with E-state index >= 15 is 0 Å². The van der Waals surface area contributed by atoms with E-state index in [0.717, 1.165) is 74.4 Å². The van der Waals surface area contributed by atoms with Crippen molar-refractivity contribution in [3.8, 4) is 0 Å². The molecule has 2 saturated heterocycles. The molecular formula is C21H28N4O. The van der Waals surface area contributed by atoms with Crippen molar-refractivity contribution in [2.24, 2.45) is 11.8 Å². The number of nitrogens with zero attached hydrogens (tertiary/aromatic N) is 3. The number of aromatic nitrogens is 2. The normalized spacial score (nSPS) is 22.9. The maximum atomic E-state index is 12.9. The third kappa shape index (κ3) is 3.54. The summed E-state index contributed by atoms with van der Waals surface area (Å²) < 4.78 is 2.01. The van der Waals surface area contributed by atoms with E-state index < -0.39 is 0 Å². The van der Waals surface area contributed by atoms with Gasteiger partial charge < -0.3 is 10.2 Å². The molecule has 4 rings (SSSR count). The Morgan fingerprint density at radius 1 is 1.12 bits per heavy atom. The minimum Gasteiger partial charge on any atom is -0.339 e. The summed E-state index contributed by atoms with van der Waals surface area (Å²) in [5, 5.41) is 8.00. The highest BCUT2D eigenvalue weighted by molar-refractivity contribution is 5.94. The van der Waals surface area contributed by atoms with Gasteiger partial charge >= 0.3 is 0 Å². The Morgan fingerprint density at radius 2 is 1.77 bits per heavy atom. The van der Waals surface area contributed by atoms with Crippen LogP contribution in [0.1, 0.15) is 40.2 Å². The molecule has 5 nitrogen and oxygen atoms in total. The molecule has 0 unspecified atom stereocenters. The zero-order valence-electron chi connectivity index (χ0n) is 15.7. The molecule has 0 aliphatic carbocycles. The fourth-order valence-corrected chi connectivity index (χ4v) is 4.36. The van der Waals surface area contributed by atoms with E-state index in [1.165, 1.54) is 5.56 Å². The number of nitrogens with one attached hydrogen (secondary N) is 1. The van der Waals surface area contributed by atoms with Gasteiger partial charge in [0.2, 0.25) is 0 Å². The molecule has 0 radical (unpaired) electrons. The van der Waals surface area contributed by atoms with Gasteiger partial charge in [-0.1, -0.05) is 12.1 Å². The Labute approximate surface area is 155 Å². The number of hydrogen-bond acceptors (Lipinski definition) is 3. The number of likely N-dealkylation sites (tertiary alicyclic amines) is 1. The topological polar surface area (TPSA) is 50.2 Å². The summed E-state index contributed by atoms with van der Waals surface area (Å²) in [6, 6.07) is 10.1. The molecule has 1 N–H and O–H groups in total. The number of fused-ring (bicyclic) bond motifs is 1. The van der Waals surface area contributed by atoms with Crippen molar-refractivity contribution in [2.75, 3.05) is 26.2 Å². The molecule has 138 valence electrons. The van der Waals surface area contributed by atoms with Gasteiger partial charge in [-0.15, -0.1) is 0 Å². The van der Waals surface area contributed by atoms with Crippen LogP contribution in [0.2, 0.25) is 0 Å². The first-order valence-electron chi connectivity index (χ1n) is 9.70. The van der Waals surface area contributed by atoms with Crippen LogP contribution in [0, 0.1) is 25.7 Å². The average Bonchev–Trinajstić information content (AvgIpc) is 3.15. The second-order valence-electron chi connectivity index (χ2n) is 7.83. The van der Waals surface area contributed by atoms with Gasteiger partial charge in [0.15, 0.2) is 0 Å². The van der Waals surface area contributed by atoms with Crippen LogP contribution in [0.25, 0.3) is 0 Å². The first-order chi connectivity index (χ1) is 12.6. The fraction of sp³-hybridized carbons (Fsp3) is 0.524. The van der Waals surface area contributed by atoms with Gasteiger partial charge in [0, 0.05) is 24.3 Å². The van der Waals surface area contributed by atoms with Crippen molar-refractivity contribution in [3.63, 3.8) is 0 Å². The summed E-state index contributed by atoms with van der Waals surface area (Å²) in [6.07, 6.45) is 2.25. The van der Waals surface area contributed by atoms with E-state index in [1.807, 2.05) is 28.6 Å². The van der Waals surface area contributed by atoms with E-state index in [9.17, 15) is 4.79 Å². The lowest BCUT2D eigenvalue weighted by molar-refractivity contribution is 0.0758. The molecule has 2 aliphatic rings. The Hall–Kier alpha value is -2.14. The smallest absolute Gasteiger partial charge is 0.253 e. The van der Waals surface area contributed by atoms with Crippen LogP contribution in [0.3, 0.4) is 0 Å². The molecule has 0 spiro atoms. The summed E-state index contributed by atoms with van der Waals surface area (Å²) in [6.45, 7) is 8.83. The van der Waals surface area contributed by atoms with Crippen LogP contribution >= 0.6 is 0 Å². The molecule has 2 aromatic rings. The second kappa shape index (κ2) is 7.23. The number of benzene rings is 1. The number of aryl methyl sites for hydroxylation is 2. The number of rotatable bonds is 3. The highest BCUT2D eigenvalue weighted by Gasteiger charge is 2.31. The van der Waals surface area contributed by atoms with Crippen LogP contribution in [-0.4, -0.2) is 46.8 Å². The molecule has 5 heteroatoms. The van der Waals surface area contributed by atoms with Crippen LogP contribution in [-0.2, 0) is 6.54 Å². The van der Waals surface area contributed by atoms with E-state index in [4.69, 9.17) is 0 Å². The highest BCUT2D eigenvalue weighted by Crippen LogP contribution is 2.27. The van der Waals surface area contributed by atoms with Crippen LogP contribution < -0.4 is 5.32 Å². The number of carbonyl (C=O) groups is 1. The number of hydrogen-bond donors (Lipinski definition) is 1. The molecule has 26 heavy (non-hydrogen) atoms. The van der Waals surface area contributed by atoms with Gasteiger partial charge in [-0.2, -0.15) is 5.10 Å². The fourth-order valence-electron chi connectivity index (χ4n) is 4.36. The molecule has 3 heterocycles. The summed E-state index contributed by atoms with van der Waals surface area (Å²) in [7, 11) is 0. The quantitative estimate of drug-likeness (QED) is 0.924. The van der Waals surface area contributed by atoms with Crippen LogP contribution in [0.15, 0.2) is 30.3 Å². The predicted octanol–water partition coefficient (Wildman–Crippen LogP) is 2.62. The van der Waals surface area contributed by atoms with Gasteiger partial charge in [-0.05, 0) is 75.4 Å².